The van der Waals surface area contributed by atoms with Gasteiger partial charge in [0.2, 0.25) is 6.23 Å². The maximum Gasteiger partial charge on any atom is 0.325 e. The van der Waals surface area contributed by atoms with Gasteiger partial charge in [0.25, 0.3) is 0 Å². The van der Waals surface area contributed by atoms with Crippen molar-refractivity contribution in [1.29, 1.82) is 0 Å². The molecule has 2 N–H and O–H groups in total. The molecule has 1 saturated heterocycles. The standard InChI is InChI=1S/C10H14N2O5/c1-6-2-9(12(15)16)11(4-6)10-3-7(14)8(5-13)17-10/h2,4,7-8,10,13-14H,3,5H2,1H3/t7-,8-,10-/m1/s1. The predicted octanol–water partition coefficient (Wildman–Crippen LogP) is 0.345. The molecule has 0 saturated carbocycles. The van der Waals surface area contributed by atoms with Gasteiger partial charge in [0.1, 0.15) is 6.10 Å². The van der Waals surface area contributed by atoms with E-state index in [0.717, 1.165) is 5.56 Å². The van der Waals surface area contributed by atoms with Crippen LogP contribution in [0.3, 0.4) is 0 Å². The molecule has 0 aliphatic carbocycles. The first-order valence-corrected chi connectivity index (χ1v) is 5.30. The fourth-order valence-electron chi connectivity index (χ4n) is 2.03. The zero-order valence-electron chi connectivity index (χ0n) is 9.31. The second-order valence-electron chi connectivity index (χ2n) is 4.15. The van der Waals surface area contributed by atoms with Crippen LogP contribution in [0.1, 0.15) is 18.2 Å². The van der Waals surface area contributed by atoms with Gasteiger partial charge in [0.15, 0.2) is 0 Å². The number of rotatable bonds is 3. The lowest BCUT2D eigenvalue weighted by Gasteiger charge is -2.10. The summed E-state index contributed by atoms with van der Waals surface area (Å²) in [4.78, 5) is 10.4. The van der Waals surface area contributed by atoms with E-state index in [1.165, 1.54) is 10.6 Å². The van der Waals surface area contributed by atoms with E-state index >= 15 is 0 Å². The highest BCUT2D eigenvalue weighted by Crippen LogP contribution is 2.32. The second-order valence-corrected chi connectivity index (χ2v) is 4.15. The van der Waals surface area contributed by atoms with Crippen molar-refractivity contribution in [1.82, 2.24) is 4.57 Å². The number of aryl methyl sites for hydroxylation is 1. The lowest BCUT2D eigenvalue weighted by Crippen LogP contribution is -2.24. The average Bonchev–Trinajstić information content (AvgIpc) is 2.81. The Labute approximate surface area is 97.4 Å². The first-order chi connectivity index (χ1) is 8.02. The Balaban J connectivity index is 2.26. The molecule has 0 spiro atoms. The van der Waals surface area contributed by atoms with E-state index in [0.29, 0.717) is 0 Å². The molecule has 1 aliphatic rings. The number of nitrogens with zero attached hydrogens (tertiary/aromatic N) is 2. The minimum absolute atomic E-state index is 0.0710. The van der Waals surface area contributed by atoms with E-state index in [9.17, 15) is 15.2 Å². The predicted molar refractivity (Wildman–Crippen MR) is 57.4 cm³/mol. The molecule has 3 atom stereocenters. The summed E-state index contributed by atoms with van der Waals surface area (Å²) in [5.74, 6) is -0.0710. The van der Waals surface area contributed by atoms with Gasteiger partial charge in [0.05, 0.1) is 18.9 Å². The van der Waals surface area contributed by atoms with Crippen molar-refractivity contribution in [3.05, 3.63) is 27.9 Å². The van der Waals surface area contributed by atoms with Crippen molar-refractivity contribution >= 4 is 5.82 Å². The fourth-order valence-corrected chi connectivity index (χ4v) is 2.03. The van der Waals surface area contributed by atoms with Crippen LogP contribution in [-0.2, 0) is 4.74 Å². The number of aliphatic hydroxyl groups excluding tert-OH is 2. The summed E-state index contributed by atoms with van der Waals surface area (Å²) >= 11 is 0. The van der Waals surface area contributed by atoms with Crippen molar-refractivity contribution in [3.8, 4) is 0 Å². The molecule has 0 bridgehead atoms. The normalized spacial score (nSPS) is 28.5. The molecule has 0 unspecified atom stereocenters. The Morgan fingerprint density at radius 1 is 1.71 bits per heavy atom. The first-order valence-electron chi connectivity index (χ1n) is 5.30. The van der Waals surface area contributed by atoms with E-state index < -0.39 is 23.4 Å². The smallest absolute Gasteiger partial charge is 0.325 e. The monoisotopic (exact) mass is 242 g/mol. The number of hydrogen-bond donors (Lipinski definition) is 2. The summed E-state index contributed by atoms with van der Waals surface area (Å²) in [6, 6.07) is 1.45. The third-order valence-electron chi connectivity index (χ3n) is 2.85. The summed E-state index contributed by atoms with van der Waals surface area (Å²) in [5.41, 5.74) is 0.752. The van der Waals surface area contributed by atoms with E-state index in [1.807, 2.05) is 0 Å². The molecule has 0 aromatic carbocycles. The lowest BCUT2D eigenvalue weighted by molar-refractivity contribution is -0.393. The summed E-state index contributed by atoms with van der Waals surface area (Å²) in [6.45, 7) is 1.45. The van der Waals surface area contributed by atoms with Crippen LogP contribution in [0.15, 0.2) is 12.3 Å². The van der Waals surface area contributed by atoms with E-state index in [-0.39, 0.29) is 18.8 Å². The quantitative estimate of drug-likeness (QED) is 0.588. The highest BCUT2D eigenvalue weighted by molar-refractivity contribution is 5.29. The highest BCUT2D eigenvalue weighted by atomic mass is 16.6. The van der Waals surface area contributed by atoms with Crippen LogP contribution in [0.25, 0.3) is 0 Å². The maximum absolute atomic E-state index is 10.8. The Morgan fingerprint density at radius 2 is 2.41 bits per heavy atom. The van der Waals surface area contributed by atoms with Crippen molar-refractivity contribution < 1.29 is 19.9 Å². The van der Waals surface area contributed by atoms with Gasteiger partial charge in [-0.25, -0.2) is 4.57 Å². The molecular weight excluding hydrogens is 228 g/mol. The van der Waals surface area contributed by atoms with Crippen molar-refractivity contribution in [2.75, 3.05) is 6.61 Å². The van der Waals surface area contributed by atoms with Gasteiger partial charge in [-0.2, -0.15) is 0 Å². The molecule has 0 radical (unpaired) electrons. The molecule has 1 aromatic rings. The minimum Gasteiger partial charge on any atom is -0.394 e. The molecule has 17 heavy (non-hydrogen) atoms. The molecule has 94 valence electrons. The van der Waals surface area contributed by atoms with E-state index in [1.54, 1.807) is 13.1 Å². The van der Waals surface area contributed by atoms with E-state index in [2.05, 4.69) is 0 Å². The molecule has 1 aromatic heterocycles. The Morgan fingerprint density at radius 3 is 2.94 bits per heavy atom. The zero-order chi connectivity index (χ0) is 12.6. The van der Waals surface area contributed by atoms with E-state index in [4.69, 9.17) is 9.84 Å². The van der Waals surface area contributed by atoms with Gasteiger partial charge >= 0.3 is 5.82 Å². The lowest BCUT2D eigenvalue weighted by atomic mass is 10.2. The number of hydrogen-bond acceptors (Lipinski definition) is 5. The van der Waals surface area contributed by atoms with Crippen LogP contribution >= 0.6 is 0 Å². The number of nitro groups is 1. The van der Waals surface area contributed by atoms with Gasteiger partial charge in [-0.05, 0) is 17.4 Å². The van der Waals surface area contributed by atoms with Crippen molar-refractivity contribution in [3.63, 3.8) is 0 Å². The maximum atomic E-state index is 10.8. The molecule has 7 heteroatoms. The van der Waals surface area contributed by atoms with Gasteiger partial charge in [-0.15, -0.1) is 0 Å². The average molecular weight is 242 g/mol. The van der Waals surface area contributed by atoms with Crippen LogP contribution in [0.4, 0.5) is 5.82 Å². The van der Waals surface area contributed by atoms with Crippen molar-refractivity contribution in [2.24, 2.45) is 0 Å². The summed E-state index contributed by atoms with van der Waals surface area (Å²) < 4.78 is 6.75. The fraction of sp³-hybridized carbons (Fsp3) is 0.600. The molecule has 0 amide bonds. The van der Waals surface area contributed by atoms with Gasteiger partial charge in [-0.1, -0.05) is 0 Å². The van der Waals surface area contributed by atoms with Gasteiger partial charge in [-0.3, -0.25) is 0 Å². The Hall–Kier alpha value is -1.44. The molecule has 1 fully saturated rings. The second kappa shape index (κ2) is 4.44. The topological polar surface area (TPSA) is 97.8 Å². The van der Waals surface area contributed by atoms with Gasteiger partial charge in [0, 0.05) is 12.5 Å². The molecule has 1 aliphatic heterocycles. The minimum atomic E-state index is -0.799. The van der Waals surface area contributed by atoms with Crippen LogP contribution in [0.5, 0.6) is 0 Å². The first kappa shape index (κ1) is 12.0. The number of aliphatic hydroxyl groups is 2. The van der Waals surface area contributed by atoms with Crippen LogP contribution in [0.2, 0.25) is 0 Å². The van der Waals surface area contributed by atoms with Gasteiger partial charge < -0.3 is 25.1 Å². The Bertz CT molecular complexity index is 430. The third-order valence-corrected chi connectivity index (χ3v) is 2.85. The summed E-state index contributed by atoms with van der Waals surface area (Å²) in [6.07, 6.45) is -0.235. The molecular formula is C10H14N2O5. The van der Waals surface area contributed by atoms with Crippen molar-refractivity contribution in [2.45, 2.75) is 31.8 Å². The summed E-state index contributed by atoms with van der Waals surface area (Å²) in [5, 5.41) is 29.4. The summed E-state index contributed by atoms with van der Waals surface area (Å²) in [7, 11) is 0. The van der Waals surface area contributed by atoms with Crippen LogP contribution in [-0.4, -0.2) is 38.5 Å². The third kappa shape index (κ3) is 2.17. The van der Waals surface area contributed by atoms with Crippen LogP contribution < -0.4 is 0 Å². The largest absolute Gasteiger partial charge is 0.394 e. The molecule has 7 nitrogen and oxygen atoms in total. The number of aromatic nitrogens is 1. The zero-order valence-corrected chi connectivity index (χ0v) is 9.31. The highest BCUT2D eigenvalue weighted by Gasteiger charge is 2.38. The molecule has 2 rings (SSSR count). The SMILES string of the molecule is Cc1cc([N+](=O)[O-])n([C@H]2C[C@@H](O)[C@@H](CO)O2)c1. The molecule has 2 heterocycles. The van der Waals surface area contributed by atoms with Crippen LogP contribution in [0, 0.1) is 17.0 Å². The Kier molecular flexibility index (Phi) is 3.14. The number of ether oxygens (including phenoxy) is 1.